The molecule has 0 saturated heterocycles. The van der Waals surface area contributed by atoms with Crippen LogP contribution in [0.1, 0.15) is 5.56 Å². The van der Waals surface area contributed by atoms with E-state index in [4.69, 9.17) is 14.2 Å². The van der Waals surface area contributed by atoms with E-state index in [-0.39, 0.29) is 18.4 Å². The Hall–Kier alpha value is -3.54. The molecule has 1 aliphatic rings. The summed E-state index contributed by atoms with van der Waals surface area (Å²) in [6.45, 7) is 1.13. The molecule has 1 atom stereocenters. The van der Waals surface area contributed by atoms with Gasteiger partial charge in [0.15, 0.2) is 6.61 Å². The number of carbonyl (C=O) groups is 1. The summed E-state index contributed by atoms with van der Waals surface area (Å²) < 4.78 is 16.9. The van der Waals surface area contributed by atoms with Gasteiger partial charge < -0.3 is 19.5 Å². The first kappa shape index (κ1) is 18.8. The molecular weight excluding hydrogens is 368 g/mol. The summed E-state index contributed by atoms with van der Waals surface area (Å²) in [5, 5.41) is 2.92. The minimum atomic E-state index is -0.155. The van der Waals surface area contributed by atoms with E-state index in [1.807, 2.05) is 30.3 Å². The summed E-state index contributed by atoms with van der Waals surface area (Å²) >= 11 is 0. The van der Waals surface area contributed by atoms with Crippen LogP contribution in [0.15, 0.2) is 72.9 Å². The lowest BCUT2D eigenvalue weighted by Crippen LogP contribution is -2.37. The quantitative estimate of drug-likeness (QED) is 0.667. The van der Waals surface area contributed by atoms with Crippen LogP contribution >= 0.6 is 0 Å². The average molecular weight is 390 g/mol. The Balaban J connectivity index is 1.20. The normalized spacial score (nSPS) is 15.0. The molecule has 0 spiro atoms. The van der Waals surface area contributed by atoms with E-state index >= 15 is 0 Å². The van der Waals surface area contributed by atoms with Crippen LogP contribution in [-0.2, 0) is 11.2 Å². The summed E-state index contributed by atoms with van der Waals surface area (Å²) in [6, 6.07) is 20.6. The topological polar surface area (TPSA) is 69.7 Å². The molecule has 29 heavy (non-hydrogen) atoms. The number of ether oxygens (including phenoxy) is 3. The van der Waals surface area contributed by atoms with Crippen molar-refractivity contribution in [2.75, 3.05) is 19.8 Å². The maximum atomic E-state index is 12.1. The van der Waals surface area contributed by atoms with Crippen LogP contribution in [0.5, 0.6) is 23.1 Å². The van der Waals surface area contributed by atoms with Crippen LogP contribution in [-0.4, -0.2) is 30.6 Å². The first-order valence-electron chi connectivity index (χ1n) is 9.55. The van der Waals surface area contributed by atoms with Crippen LogP contribution < -0.4 is 19.5 Å². The van der Waals surface area contributed by atoms with Crippen molar-refractivity contribution in [2.45, 2.75) is 6.42 Å². The fourth-order valence-electron chi connectivity index (χ4n) is 3.11. The highest BCUT2D eigenvalue weighted by molar-refractivity contribution is 5.77. The van der Waals surface area contributed by atoms with Gasteiger partial charge in [-0.15, -0.1) is 0 Å². The molecule has 0 saturated carbocycles. The minimum absolute atomic E-state index is 0.0371. The van der Waals surface area contributed by atoms with Crippen LogP contribution in [0, 0.1) is 5.92 Å². The standard InChI is InChI=1S/C23H22N2O4/c26-22(25-14-17-13-18-5-1-2-6-21(18)28-15-17)16-27-19-8-10-20(11-9-19)29-23-7-3-4-12-24-23/h1-12,17H,13-16H2,(H,25,26)/t17-/m1/s1. The van der Waals surface area contributed by atoms with Crippen LogP contribution in [0.3, 0.4) is 0 Å². The molecule has 1 N–H and O–H groups in total. The van der Waals surface area contributed by atoms with Crippen LogP contribution in [0.4, 0.5) is 0 Å². The molecule has 2 aromatic carbocycles. The van der Waals surface area contributed by atoms with E-state index < -0.39 is 0 Å². The third-order valence-corrected chi connectivity index (χ3v) is 4.60. The minimum Gasteiger partial charge on any atom is -0.493 e. The lowest BCUT2D eigenvalue weighted by molar-refractivity contribution is -0.123. The van der Waals surface area contributed by atoms with Gasteiger partial charge >= 0.3 is 0 Å². The first-order chi connectivity index (χ1) is 14.3. The van der Waals surface area contributed by atoms with E-state index in [1.165, 1.54) is 5.56 Å². The van der Waals surface area contributed by atoms with Gasteiger partial charge in [0.05, 0.1) is 6.61 Å². The molecule has 0 bridgehead atoms. The predicted octanol–water partition coefficient (Wildman–Crippen LogP) is 3.62. The molecule has 4 rings (SSSR count). The van der Waals surface area contributed by atoms with Crippen molar-refractivity contribution in [3.8, 4) is 23.1 Å². The van der Waals surface area contributed by atoms with E-state index in [9.17, 15) is 4.79 Å². The zero-order valence-corrected chi connectivity index (χ0v) is 15.9. The van der Waals surface area contributed by atoms with E-state index in [0.717, 1.165) is 12.2 Å². The molecule has 0 fully saturated rings. The van der Waals surface area contributed by atoms with Crippen molar-refractivity contribution < 1.29 is 19.0 Å². The molecule has 1 aliphatic heterocycles. The second-order valence-corrected chi connectivity index (χ2v) is 6.82. The molecule has 2 heterocycles. The van der Waals surface area contributed by atoms with Gasteiger partial charge in [-0.3, -0.25) is 4.79 Å². The number of hydrogen-bond donors (Lipinski definition) is 1. The van der Waals surface area contributed by atoms with Crippen LogP contribution in [0.2, 0.25) is 0 Å². The van der Waals surface area contributed by atoms with Gasteiger partial charge in [-0.25, -0.2) is 4.98 Å². The summed E-state index contributed by atoms with van der Waals surface area (Å²) in [6.07, 6.45) is 2.57. The van der Waals surface area contributed by atoms with E-state index in [0.29, 0.717) is 30.5 Å². The number of nitrogens with zero attached hydrogens (tertiary/aromatic N) is 1. The number of aromatic nitrogens is 1. The highest BCUT2D eigenvalue weighted by Crippen LogP contribution is 2.26. The molecular formula is C23H22N2O4. The SMILES string of the molecule is O=C(COc1ccc(Oc2ccccn2)cc1)NC[C@@H]1COc2ccccc2C1. The fraction of sp³-hybridized carbons (Fsp3) is 0.217. The summed E-state index contributed by atoms with van der Waals surface area (Å²) in [7, 11) is 0. The van der Waals surface area contributed by atoms with Crippen molar-refractivity contribution in [1.29, 1.82) is 0 Å². The van der Waals surface area contributed by atoms with Crippen molar-refractivity contribution >= 4 is 5.91 Å². The molecule has 0 radical (unpaired) electrons. The molecule has 148 valence electrons. The lowest BCUT2D eigenvalue weighted by Gasteiger charge is -2.25. The van der Waals surface area contributed by atoms with Crippen molar-refractivity contribution in [3.05, 3.63) is 78.5 Å². The largest absolute Gasteiger partial charge is 0.493 e. The number of carbonyl (C=O) groups excluding carboxylic acids is 1. The van der Waals surface area contributed by atoms with Crippen molar-refractivity contribution in [3.63, 3.8) is 0 Å². The number of benzene rings is 2. The van der Waals surface area contributed by atoms with Gasteiger partial charge in [-0.2, -0.15) is 0 Å². The summed E-state index contributed by atoms with van der Waals surface area (Å²) in [5.41, 5.74) is 1.18. The zero-order valence-electron chi connectivity index (χ0n) is 15.9. The lowest BCUT2D eigenvalue weighted by atomic mass is 9.97. The highest BCUT2D eigenvalue weighted by atomic mass is 16.5. The van der Waals surface area contributed by atoms with E-state index in [2.05, 4.69) is 16.4 Å². The number of fused-ring (bicyclic) bond motifs is 1. The summed E-state index contributed by atoms with van der Waals surface area (Å²) in [4.78, 5) is 16.2. The Kier molecular flexibility index (Phi) is 5.90. The molecule has 6 nitrogen and oxygen atoms in total. The number of amides is 1. The Morgan fingerprint density at radius 1 is 1.03 bits per heavy atom. The third-order valence-electron chi connectivity index (χ3n) is 4.60. The maximum absolute atomic E-state index is 12.1. The number of rotatable bonds is 7. The van der Waals surface area contributed by atoms with Crippen molar-refractivity contribution in [2.24, 2.45) is 5.92 Å². The van der Waals surface area contributed by atoms with Gasteiger partial charge in [0.25, 0.3) is 5.91 Å². The van der Waals surface area contributed by atoms with Crippen LogP contribution in [0.25, 0.3) is 0 Å². The Morgan fingerprint density at radius 2 is 1.83 bits per heavy atom. The maximum Gasteiger partial charge on any atom is 0.257 e. The molecule has 3 aromatic rings. The first-order valence-corrected chi connectivity index (χ1v) is 9.55. The highest BCUT2D eigenvalue weighted by Gasteiger charge is 2.20. The second-order valence-electron chi connectivity index (χ2n) is 6.82. The number of nitrogens with one attached hydrogen (secondary N) is 1. The number of pyridine rings is 1. The van der Waals surface area contributed by atoms with E-state index in [1.54, 1.807) is 36.5 Å². The Labute approximate surface area is 169 Å². The Bertz CT molecular complexity index is 945. The molecule has 6 heteroatoms. The number of para-hydroxylation sites is 1. The molecule has 1 amide bonds. The predicted molar refractivity (Wildman–Crippen MR) is 108 cm³/mol. The van der Waals surface area contributed by atoms with Crippen molar-refractivity contribution in [1.82, 2.24) is 10.3 Å². The number of hydrogen-bond acceptors (Lipinski definition) is 5. The second kappa shape index (κ2) is 9.10. The Morgan fingerprint density at radius 3 is 2.66 bits per heavy atom. The van der Waals surface area contributed by atoms with Gasteiger partial charge in [-0.05, 0) is 48.4 Å². The molecule has 1 aromatic heterocycles. The third kappa shape index (κ3) is 5.25. The summed E-state index contributed by atoms with van der Waals surface area (Å²) in [5.74, 6) is 2.82. The van der Waals surface area contributed by atoms with Gasteiger partial charge in [0.1, 0.15) is 17.2 Å². The fourth-order valence-corrected chi connectivity index (χ4v) is 3.11. The van der Waals surface area contributed by atoms with Gasteiger partial charge in [-0.1, -0.05) is 24.3 Å². The molecule has 0 aliphatic carbocycles. The average Bonchev–Trinajstić information content (AvgIpc) is 2.78. The molecule has 0 unspecified atom stereocenters. The zero-order chi connectivity index (χ0) is 19.9. The van der Waals surface area contributed by atoms with Gasteiger partial charge in [0, 0.05) is 24.7 Å². The van der Waals surface area contributed by atoms with Gasteiger partial charge in [0.2, 0.25) is 5.88 Å². The smallest absolute Gasteiger partial charge is 0.257 e. The monoisotopic (exact) mass is 390 g/mol.